The molecule has 1 aromatic rings. The fourth-order valence-corrected chi connectivity index (χ4v) is 3.71. The van der Waals surface area contributed by atoms with E-state index in [1.54, 1.807) is 6.20 Å². The molecule has 1 aromatic heterocycles. The highest BCUT2D eigenvalue weighted by atomic mass is 32.2. The summed E-state index contributed by atoms with van der Waals surface area (Å²) in [6, 6.07) is 3.74. The lowest BCUT2D eigenvalue weighted by atomic mass is 9.93. The van der Waals surface area contributed by atoms with E-state index in [9.17, 15) is 4.79 Å². The molecule has 0 saturated carbocycles. The van der Waals surface area contributed by atoms with E-state index >= 15 is 0 Å². The van der Waals surface area contributed by atoms with Crippen LogP contribution in [0.2, 0.25) is 0 Å². The van der Waals surface area contributed by atoms with Crippen molar-refractivity contribution in [2.45, 2.75) is 76.3 Å². The molecule has 1 saturated heterocycles. The van der Waals surface area contributed by atoms with E-state index in [1.807, 2.05) is 37.8 Å². The Hall–Kier alpha value is -1.47. The molecule has 1 fully saturated rings. The summed E-state index contributed by atoms with van der Waals surface area (Å²) in [5, 5.41) is 5.48. The van der Waals surface area contributed by atoms with Gasteiger partial charge in [-0.2, -0.15) is 0 Å². The second-order valence-corrected chi connectivity index (χ2v) is 9.47. The molecular formula is C20H33N3O3S. The van der Waals surface area contributed by atoms with Crippen LogP contribution in [0.5, 0.6) is 5.88 Å². The average Bonchev–Trinajstić information content (AvgIpc) is 2.88. The van der Waals surface area contributed by atoms with Crippen LogP contribution in [0.3, 0.4) is 0 Å². The Morgan fingerprint density at radius 3 is 2.70 bits per heavy atom. The van der Waals surface area contributed by atoms with Crippen LogP contribution >= 0.6 is 11.9 Å². The summed E-state index contributed by atoms with van der Waals surface area (Å²) in [5.74, 6) is 1.14. The predicted molar refractivity (Wildman–Crippen MR) is 109 cm³/mol. The summed E-state index contributed by atoms with van der Waals surface area (Å²) in [5.41, 5.74) is -0.617. The molecule has 0 aromatic carbocycles. The summed E-state index contributed by atoms with van der Waals surface area (Å²) < 4.78 is 11.2. The zero-order valence-corrected chi connectivity index (χ0v) is 18.0. The number of nitrogens with zero attached hydrogens (tertiary/aromatic N) is 2. The van der Waals surface area contributed by atoms with E-state index in [2.05, 4.69) is 18.8 Å². The van der Waals surface area contributed by atoms with Crippen LogP contribution in [0.1, 0.15) is 60.3 Å². The van der Waals surface area contributed by atoms with Crippen molar-refractivity contribution in [3.63, 3.8) is 0 Å². The number of amides is 1. The van der Waals surface area contributed by atoms with Crippen molar-refractivity contribution in [3.8, 4) is 5.88 Å². The van der Waals surface area contributed by atoms with Crippen LogP contribution in [0.15, 0.2) is 23.2 Å². The van der Waals surface area contributed by atoms with Gasteiger partial charge in [-0.1, -0.05) is 0 Å². The number of pyridine rings is 1. The second-order valence-electron chi connectivity index (χ2n) is 8.77. The van der Waals surface area contributed by atoms with Gasteiger partial charge >= 0.3 is 6.09 Å². The zero-order chi connectivity index (χ0) is 20.1. The maximum absolute atomic E-state index is 12.5. The number of likely N-dealkylation sites (tertiary alicyclic amines) is 1. The van der Waals surface area contributed by atoms with Gasteiger partial charge in [0.1, 0.15) is 5.60 Å². The molecule has 6 nitrogen and oxygen atoms in total. The molecular weight excluding hydrogens is 362 g/mol. The Kier molecular flexibility index (Phi) is 7.40. The lowest BCUT2D eigenvalue weighted by Gasteiger charge is -2.33. The quantitative estimate of drug-likeness (QED) is 0.536. The van der Waals surface area contributed by atoms with Gasteiger partial charge in [-0.3, -0.25) is 5.14 Å². The van der Waals surface area contributed by atoms with Crippen LogP contribution < -0.4 is 9.88 Å². The maximum atomic E-state index is 12.5. The van der Waals surface area contributed by atoms with Gasteiger partial charge in [0.2, 0.25) is 5.88 Å². The molecule has 0 aliphatic carbocycles. The van der Waals surface area contributed by atoms with Crippen LogP contribution in [0, 0.1) is 5.92 Å². The highest BCUT2D eigenvalue weighted by Gasteiger charge is 2.42. The number of rotatable bonds is 7. The molecule has 2 heterocycles. The number of hydrogen-bond donors (Lipinski definition) is 1. The van der Waals surface area contributed by atoms with E-state index in [4.69, 9.17) is 14.6 Å². The fraction of sp³-hybridized carbons (Fsp3) is 0.700. The van der Waals surface area contributed by atoms with Gasteiger partial charge in [0, 0.05) is 29.2 Å². The number of unbranched alkanes of at least 4 members (excludes halogenated alkanes) is 1. The van der Waals surface area contributed by atoms with Gasteiger partial charge in [0.05, 0.1) is 6.61 Å². The number of hydrogen-bond acceptors (Lipinski definition) is 6. The van der Waals surface area contributed by atoms with Gasteiger partial charge in [0.15, 0.2) is 0 Å². The van der Waals surface area contributed by atoms with E-state index < -0.39 is 5.60 Å². The van der Waals surface area contributed by atoms with Crippen molar-refractivity contribution < 1.29 is 14.3 Å². The molecule has 0 bridgehead atoms. The van der Waals surface area contributed by atoms with Crippen LogP contribution in [0.25, 0.3) is 0 Å². The molecule has 1 atom stereocenters. The third-order valence-corrected chi connectivity index (χ3v) is 5.19. The van der Waals surface area contributed by atoms with Gasteiger partial charge in [0.25, 0.3) is 0 Å². The van der Waals surface area contributed by atoms with Crippen molar-refractivity contribution in [1.82, 2.24) is 9.88 Å². The van der Waals surface area contributed by atoms with E-state index in [0.29, 0.717) is 18.4 Å². The number of ether oxygens (including phenoxy) is 2. The largest absolute Gasteiger partial charge is 0.478 e. The molecule has 1 amide bonds. The molecule has 1 aliphatic rings. The summed E-state index contributed by atoms with van der Waals surface area (Å²) >= 11 is 1.17. The van der Waals surface area contributed by atoms with Gasteiger partial charge in [-0.25, -0.2) is 9.78 Å². The van der Waals surface area contributed by atoms with Crippen molar-refractivity contribution in [1.29, 1.82) is 0 Å². The predicted octanol–water partition coefficient (Wildman–Crippen LogP) is 4.63. The lowest BCUT2D eigenvalue weighted by Crippen LogP contribution is -2.45. The van der Waals surface area contributed by atoms with Crippen LogP contribution in [-0.2, 0) is 4.74 Å². The third kappa shape index (κ3) is 6.88. The number of carbonyl (C=O) groups excluding carboxylic acids is 1. The normalized spacial score (nSPS) is 19.2. The third-order valence-electron chi connectivity index (χ3n) is 4.68. The summed E-state index contributed by atoms with van der Waals surface area (Å²) in [4.78, 5) is 19.5. The Labute approximate surface area is 167 Å². The molecule has 27 heavy (non-hydrogen) atoms. The number of aromatic nitrogens is 1. The fourth-order valence-electron chi connectivity index (χ4n) is 3.45. The van der Waals surface area contributed by atoms with Gasteiger partial charge in [-0.05, 0) is 84.2 Å². The maximum Gasteiger partial charge on any atom is 0.410 e. The van der Waals surface area contributed by atoms with Crippen molar-refractivity contribution in [2.24, 2.45) is 11.1 Å². The van der Waals surface area contributed by atoms with Gasteiger partial charge < -0.3 is 14.4 Å². The number of nitrogens with two attached hydrogens (primary N) is 1. The molecule has 152 valence electrons. The van der Waals surface area contributed by atoms with Crippen molar-refractivity contribution in [2.75, 3.05) is 13.2 Å². The van der Waals surface area contributed by atoms with Gasteiger partial charge in [-0.15, -0.1) is 0 Å². The number of carbonyl (C=O) groups is 1. The minimum Gasteiger partial charge on any atom is -0.478 e. The van der Waals surface area contributed by atoms with Crippen LogP contribution in [-0.4, -0.2) is 40.3 Å². The topological polar surface area (TPSA) is 77.7 Å². The summed E-state index contributed by atoms with van der Waals surface area (Å²) in [6.07, 6.45) is 5.64. The van der Waals surface area contributed by atoms with Crippen LogP contribution in [0.4, 0.5) is 4.79 Å². The standard InChI is InChI=1S/C20H33N3O3S/c1-19(2,3)26-18(24)23-14-15(12-20(23,4)5)8-6-7-11-25-17-10-9-16(27-21)13-22-17/h9-10,13,15H,6-8,11-12,14,21H2,1-5H3. The lowest BCUT2D eigenvalue weighted by molar-refractivity contribution is 0.0130. The Balaban J connectivity index is 1.71. The Bertz CT molecular complexity index is 614. The summed E-state index contributed by atoms with van der Waals surface area (Å²) in [6.45, 7) is 11.4. The minimum absolute atomic E-state index is 0.157. The first-order valence-electron chi connectivity index (χ1n) is 9.57. The molecule has 0 spiro atoms. The van der Waals surface area contributed by atoms with E-state index in [1.165, 1.54) is 11.9 Å². The van der Waals surface area contributed by atoms with Crippen molar-refractivity contribution in [3.05, 3.63) is 18.3 Å². The average molecular weight is 396 g/mol. The first-order valence-corrected chi connectivity index (χ1v) is 10.4. The molecule has 1 unspecified atom stereocenters. The molecule has 2 rings (SSSR count). The smallest absolute Gasteiger partial charge is 0.410 e. The highest BCUT2D eigenvalue weighted by molar-refractivity contribution is 7.97. The zero-order valence-electron chi connectivity index (χ0n) is 17.2. The first-order chi connectivity index (χ1) is 12.6. The molecule has 0 radical (unpaired) electrons. The first kappa shape index (κ1) is 21.8. The molecule has 2 N–H and O–H groups in total. The Morgan fingerprint density at radius 1 is 1.37 bits per heavy atom. The van der Waals surface area contributed by atoms with E-state index in [0.717, 1.165) is 37.1 Å². The minimum atomic E-state index is -0.461. The van der Waals surface area contributed by atoms with Crippen molar-refractivity contribution >= 4 is 18.0 Å². The molecule has 1 aliphatic heterocycles. The SMILES string of the molecule is CC(C)(C)OC(=O)N1CC(CCCCOc2ccc(SN)cn2)CC1(C)C. The monoisotopic (exact) mass is 395 g/mol. The Morgan fingerprint density at radius 2 is 2.11 bits per heavy atom. The van der Waals surface area contributed by atoms with E-state index in [-0.39, 0.29) is 11.6 Å². The second kappa shape index (κ2) is 9.15. The highest BCUT2D eigenvalue weighted by Crippen LogP contribution is 2.36. The summed E-state index contributed by atoms with van der Waals surface area (Å²) in [7, 11) is 0. The molecule has 7 heteroatoms.